The minimum absolute atomic E-state index is 0. The van der Waals surface area contributed by atoms with Gasteiger partial charge in [0.2, 0.25) is 0 Å². The first-order valence-electron chi connectivity index (χ1n) is 8.00. The number of hydrogen-bond acceptors (Lipinski definition) is 4. The average Bonchev–Trinajstić information content (AvgIpc) is 2.37. The Morgan fingerprint density at radius 1 is 0.905 bits per heavy atom. The molecule has 0 aromatic carbocycles. The quantitative estimate of drug-likeness (QED) is 0.301. The van der Waals surface area contributed by atoms with Crippen LogP contribution in [0.2, 0.25) is 0 Å². The van der Waals surface area contributed by atoms with Crippen LogP contribution < -0.4 is 51.4 Å². The Morgan fingerprint density at radius 2 is 1.33 bits per heavy atom. The maximum atomic E-state index is 10.7. The Bertz CT molecular complexity index is 320. The van der Waals surface area contributed by atoms with E-state index in [9.17, 15) is 18.1 Å². The van der Waals surface area contributed by atoms with Crippen molar-refractivity contribution in [3.63, 3.8) is 0 Å². The van der Waals surface area contributed by atoms with Gasteiger partial charge in [-0.1, -0.05) is 58.3 Å². The number of hydrogen-bond donors (Lipinski definition) is 1. The van der Waals surface area contributed by atoms with Crippen molar-refractivity contribution in [3.05, 3.63) is 0 Å². The van der Waals surface area contributed by atoms with Crippen molar-refractivity contribution in [2.45, 2.75) is 95.8 Å². The van der Waals surface area contributed by atoms with Crippen LogP contribution >= 0.6 is 0 Å². The second kappa shape index (κ2) is 15.1. The maximum absolute atomic E-state index is 10.7. The van der Waals surface area contributed by atoms with E-state index < -0.39 is 15.4 Å². The third-order valence-electron chi connectivity index (χ3n) is 3.78. The minimum atomic E-state index is -4.10. The van der Waals surface area contributed by atoms with Gasteiger partial charge in [-0.05, 0) is 26.2 Å². The molecule has 1 N–H and O–H groups in total. The second-order valence-electron chi connectivity index (χ2n) is 5.80. The summed E-state index contributed by atoms with van der Waals surface area (Å²) in [6.45, 7) is 3.62. The van der Waals surface area contributed by atoms with Crippen LogP contribution in [0.25, 0.3) is 0 Å². The van der Waals surface area contributed by atoms with E-state index in [0.717, 1.165) is 64.2 Å². The van der Waals surface area contributed by atoms with Crippen molar-refractivity contribution in [2.24, 2.45) is 0 Å². The van der Waals surface area contributed by atoms with Crippen molar-refractivity contribution in [1.82, 2.24) is 0 Å². The normalized spacial score (nSPS) is 14.5. The summed E-state index contributed by atoms with van der Waals surface area (Å²) in [6.07, 6.45) is 10.6. The van der Waals surface area contributed by atoms with Crippen molar-refractivity contribution >= 4 is 10.1 Å². The molecule has 2 unspecified atom stereocenters. The summed E-state index contributed by atoms with van der Waals surface area (Å²) in [5.74, 6) is 0. The van der Waals surface area contributed by atoms with Gasteiger partial charge in [0.1, 0.15) is 0 Å². The van der Waals surface area contributed by atoms with Gasteiger partial charge in [-0.15, -0.1) is 0 Å². The first-order chi connectivity index (χ1) is 9.38. The van der Waals surface area contributed by atoms with Crippen LogP contribution in [-0.2, 0) is 10.1 Å². The Kier molecular flexibility index (Phi) is 17.8. The van der Waals surface area contributed by atoms with E-state index in [-0.39, 0.29) is 57.5 Å². The predicted molar refractivity (Wildman–Crippen MR) is 81.6 cm³/mol. The van der Waals surface area contributed by atoms with E-state index >= 15 is 0 Å². The van der Waals surface area contributed by atoms with Crippen LogP contribution in [0.5, 0.6) is 0 Å². The first-order valence-corrected chi connectivity index (χ1v) is 9.47. The molecule has 0 radical (unpaired) electrons. The molecular weight excluding hydrogens is 315 g/mol. The summed E-state index contributed by atoms with van der Waals surface area (Å²) in [7, 11) is -4.10. The molecule has 0 saturated heterocycles. The molecule has 0 saturated carbocycles. The van der Waals surface area contributed by atoms with Crippen LogP contribution in [0.4, 0.5) is 0 Å². The van der Waals surface area contributed by atoms with Gasteiger partial charge in [0.15, 0.2) is 0 Å². The van der Waals surface area contributed by atoms with Crippen molar-refractivity contribution in [2.75, 3.05) is 0 Å². The van der Waals surface area contributed by atoms with Crippen LogP contribution in [0.1, 0.15) is 84.5 Å². The van der Waals surface area contributed by atoms with Gasteiger partial charge in [-0.25, -0.2) is 8.42 Å². The van der Waals surface area contributed by atoms with Gasteiger partial charge in [-0.2, -0.15) is 0 Å². The molecule has 0 aromatic heterocycles. The second-order valence-corrected chi connectivity index (χ2v) is 7.59. The molecule has 0 aliphatic rings. The zero-order valence-electron chi connectivity index (χ0n) is 14.0. The van der Waals surface area contributed by atoms with Crippen LogP contribution in [-0.4, -0.2) is 29.4 Å². The van der Waals surface area contributed by atoms with Crippen molar-refractivity contribution < 1.29 is 69.5 Å². The smallest absolute Gasteiger partial charge is 0.748 e. The van der Waals surface area contributed by atoms with Gasteiger partial charge in [0.05, 0.1) is 16.2 Å². The summed E-state index contributed by atoms with van der Waals surface area (Å²) < 4.78 is 32.1. The molecule has 0 heterocycles. The maximum Gasteiger partial charge on any atom is 1.00 e. The van der Waals surface area contributed by atoms with E-state index in [1.807, 2.05) is 0 Å². The molecule has 0 aromatic rings. The Morgan fingerprint density at radius 3 is 1.81 bits per heavy atom. The molecule has 0 fully saturated rings. The molecule has 0 bridgehead atoms. The van der Waals surface area contributed by atoms with Gasteiger partial charge in [0, 0.05) is 5.25 Å². The number of aliphatic hydroxyl groups excluding tert-OH is 1. The summed E-state index contributed by atoms with van der Waals surface area (Å²) >= 11 is 0. The fraction of sp³-hybridized carbons (Fsp3) is 1.00. The van der Waals surface area contributed by atoms with Crippen LogP contribution in [0.15, 0.2) is 0 Å². The van der Waals surface area contributed by atoms with Gasteiger partial charge in [-0.3, -0.25) is 0 Å². The monoisotopic (exact) mass is 346 g/mol. The molecule has 2 atom stereocenters. The zero-order chi connectivity index (χ0) is 15.4. The molecule has 6 heteroatoms. The SMILES string of the molecule is CCCCC(O)CCCCCCCCC(C)S(=O)(=O)[O-].[K+]. The topological polar surface area (TPSA) is 77.4 Å². The Labute approximate surface area is 173 Å². The van der Waals surface area contributed by atoms with E-state index in [1.54, 1.807) is 0 Å². The van der Waals surface area contributed by atoms with Gasteiger partial charge in [0.25, 0.3) is 0 Å². The molecule has 0 rings (SSSR count). The summed E-state index contributed by atoms with van der Waals surface area (Å²) in [6, 6.07) is 0. The van der Waals surface area contributed by atoms with E-state index in [4.69, 9.17) is 0 Å². The van der Waals surface area contributed by atoms with E-state index in [1.165, 1.54) is 6.92 Å². The Hall–Kier alpha value is 1.51. The number of rotatable bonds is 13. The number of unbranched alkanes of at least 4 members (excludes halogenated alkanes) is 6. The van der Waals surface area contributed by atoms with Gasteiger partial charge < -0.3 is 9.66 Å². The zero-order valence-corrected chi connectivity index (χ0v) is 18.0. The summed E-state index contributed by atoms with van der Waals surface area (Å²) in [5, 5.41) is 8.92. The van der Waals surface area contributed by atoms with Crippen molar-refractivity contribution in [1.29, 1.82) is 0 Å². The molecule has 122 valence electrons. The molecule has 21 heavy (non-hydrogen) atoms. The largest absolute Gasteiger partial charge is 1.00 e. The van der Waals surface area contributed by atoms with Crippen molar-refractivity contribution in [3.8, 4) is 0 Å². The summed E-state index contributed by atoms with van der Waals surface area (Å²) in [5.41, 5.74) is 0. The fourth-order valence-electron chi connectivity index (χ4n) is 2.25. The predicted octanol–water partition coefficient (Wildman–Crippen LogP) is 0.596. The fourth-order valence-corrected chi connectivity index (χ4v) is 2.70. The third kappa shape index (κ3) is 16.2. The minimum Gasteiger partial charge on any atom is -0.748 e. The molecule has 4 nitrogen and oxygen atoms in total. The molecule has 0 amide bonds. The van der Waals surface area contributed by atoms with E-state index in [0.29, 0.717) is 6.42 Å². The number of aliphatic hydroxyl groups is 1. The molecule has 0 aliphatic heterocycles. The Balaban J connectivity index is 0. The standard InChI is InChI=1S/C15H32O4S.K/c1-3-4-12-15(16)13-10-8-6-5-7-9-11-14(2)20(17,18)19;/h14-16H,3-13H2,1-2H3,(H,17,18,19);/q;+1/p-1. The first kappa shape index (κ1) is 24.8. The van der Waals surface area contributed by atoms with Crippen LogP contribution in [0, 0.1) is 0 Å². The molecular formula is C15H31KO4S. The summed E-state index contributed by atoms with van der Waals surface area (Å²) in [4.78, 5) is 0. The third-order valence-corrected chi connectivity index (χ3v) is 5.00. The van der Waals surface area contributed by atoms with Crippen LogP contribution in [0.3, 0.4) is 0 Å². The molecule has 0 spiro atoms. The van der Waals surface area contributed by atoms with E-state index in [2.05, 4.69) is 6.92 Å². The molecule has 0 aliphatic carbocycles. The average molecular weight is 347 g/mol. The van der Waals surface area contributed by atoms with Gasteiger partial charge >= 0.3 is 51.4 Å².